The van der Waals surface area contributed by atoms with Crippen LogP contribution >= 0.6 is 0 Å². The highest BCUT2D eigenvalue weighted by atomic mass is 19.4. The number of halogens is 3. The SMILES string of the molecule is CC.CCCC.CCCCCCCC.CCc1cc(N2CCN(C)CC2)ccc1Nc1ncc(C(F)(F)F)c(N)n1. The fraction of sp³-hybridized carbons (Fsp3) is 0.688. The van der Waals surface area contributed by atoms with E-state index in [2.05, 4.69) is 65.9 Å². The minimum Gasteiger partial charge on any atom is -0.383 e. The first kappa shape index (κ1) is 38.5. The molecule has 41 heavy (non-hydrogen) atoms. The number of nitrogens with one attached hydrogen (secondary N) is 1. The number of unbranched alkanes of at least 4 members (excludes halogenated alkanes) is 6. The number of benzene rings is 1. The maximum absolute atomic E-state index is 12.8. The first-order valence-electron chi connectivity index (χ1n) is 15.6. The Labute approximate surface area is 248 Å². The first-order chi connectivity index (χ1) is 19.6. The zero-order chi connectivity index (χ0) is 31.3. The number of aryl methyl sites for hydroxylation is 1. The molecule has 0 unspecified atom stereocenters. The van der Waals surface area contributed by atoms with Gasteiger partial charge in [0.05, 0.1) is 0 Å². The van der Waals surface area contributed by atoms with Gasteiger partial charge in [-0.1, -0.05) is 99.8 Å². The molecule has 0 spiro atoms. The van der Waals surface area contributed by atoms with E-state index in [4.69, 9.17) is 5.73 Å². The summed E-state index contributed by atoms with van der Waals surface area (Å²) in [7, 11) is 2.11. The van der Waals surface area contributed by atoms with Gasteiger partial charge in [0.1, 0.15) is 11.4 Å². The molecule has 3 N–H and O–H groups in total. The Morgan fingerprint density at radius 1 is 0.854 bits per heavy atom. The third kappa shape index (κ3) is 15.3. The van der Waals surface area contributed by atoms with Crippen LogP contribution in [0.5, 0.6) is 0 Å². The van der Waals surface area contributed by atoms with Crippen LogP contribution in [0.2, 0.25) is 0 Å². The molecule has 2 aromatic rings. The van der Waals surface area contributed by atoms with E-state index >= 15 is 0 Å². The molecule has 1 saturated heterocycles. The smallest absolute Gasteiger partial charge is 0.383 e. The van der Waals surface area contributed by atoms with Gasteiger partial charge in [-0.3, -0.25) is 0 Å². The van der Waals surface area contributed by atoms with Crippen LogP contribution in [0.1, 0.15) is 111 Å². The number of nitrogens with two attached hydrogens (primary N) is 1. The molecule has 1 aromatic heterocycles. The largest absolute Gasteiger partial charge is 0.421 e. The molecular weight excluding hydrogens is 525 g/mol. The van der Waals surface area contributed by atoms with E-state index in [0.29, 0.717) is 6.20 Å². The van der Waals surface area contributed by atoms with Crippen LogP contribution in [0.15, 0.2) is 24.4 Å². The van der Waals surface area contributed by atoms with Crippen LogP contribution in [-0.4, -0.2) is 48.1 Å². The lowest BCUT2D eigenvalue weighted by Gasteiger charge is -2.34. The van der Waals surface area contributed by atoms with Gasteiger partial charge in [0.25, 0.3) is 0 Å². The molecule has 0 atom stereocenters. The van der Waals surface area contributed by atoms with Gasteiger partial charge in [0, 0.05) is 43.8 Å². The standard InChI is InChI=1S/C18H23F3N6.C8H18.C4H10.C2H6/c1-3-12-10-13(27-8-6-26(2)7-9-27)4-5-15(12)24-17-23-11-14(16(22)25-17)18(19,20)21;1-3-5-7-8-6-4-2;1-3-4-2;1-2/h4-5,10-11H,3,6-9H2,1-2H3,(H3,22,23,24,25);3-8H2,1-2H3;3-4H2,1-2H3;1-2H3. The van der Waals surface area contributed by atoms with Crippen molar-refractivity contribution >= 4 is 23.1 Å². The van der Waals surface area contributed by atoms with E-state index in [1.165, 1.54) is 51.4 Å². The highest BCUT2D eigenvalue weighted by Crippen LogP contribution is 2.33. The van der Waals surface area contributed by atoms with Crippen molar-refractivity contribution < 1.29 is 13.2 Å². The number of nitrogens with zero attached hydrogens (tertiary/aromatic N) is 4. The second-order valence-corrected chi connectivity index (χ2v) is 10.0. The second-order valence-electron chi connectivity index (χ2n) is 10.0. The lowest BCUT2D eigenvalue weighted by molar-refractivity contribution is -0.137. The second kappa shape index (κ2) is 22.1. The van der Waals surface area contributed by atoms with Crippen molar-refractivity contribution in [1.29, 1.82) is 0 Å². The molecular formula is C32H57F3N6. The summed E-state index contributed by atoms with van der Waals surface area (Å²) >= 11 is 0. The molecule has 1 aromatic carbocycles. The number of hydrogen-bond acceptors (Lipinski definition) is 6. The van der Waals surface area contributed by atoms with Gasteiger partial charge in [-0.05, 0) is 37.2 Å². The summed E-state index contributed by atoms with van der Waals surface area (Å²) in [6.07, 6.45) is 8.03. The van der Waals surface area contributed by atoms with Crippen molar-refractivity contribution in [3.8, 4) is 0 Å². The molecule has 0 bridgehead atoms. The average Bonchev–Trinajstić information content (AvgIpc) is 2.97. The van der Waals surface area contributed by atoms with Crippen molar-refractivity contribution in [2.45, 2.75) is 112 Å². The number of piperazine rings is 1. The third-order valence-electron chi connectivity index (χ3n) is 6.67. The number of nitrogen functional groups attached to an aromatic ring is 1. The minimum atomic E-state index is -4.57. The maximum Gasteiger partial charge on any atom is 0.421 e. The highest BCUT2D eigenvalue weighted by Gasteiger charge is 2.34. The van der Waals surface area contributed by atoms with E-state index in [0.717, 1.165) is 49.5 Å². The van der Waals surface area contributed by atoms with Gasteiger partial charge in [-0.15, -0.1) is 0 Å². The Kier molecular flexibility index (Phi) is 20.7. The van der Waals surface area contributed by atoms with Crippen molar-refractivity contribution in [3.63, 3.8) is 0 Å². The maximum atomic E-state index is 12.8. The number of alkyl halides is 3. The number of aromatic nitrogens is 2. The lowest BCUT2D eigenvalue weighted by atomic mass is 10.1. The normalized spacial score (nSPS) is 13.2. The summed E-state index contributed by atoms with van der Waals surface area (Å²) < 4.78 is 38.4. The van der Waals surface area contributed by atoms with Gasteiger partial charge in [-0.25, -0.2) is 4.98 Å². The van der Waals surface area contributed by atoms with Crippen molar-refractivity contribution in [3.05, 3.63) is 35.5 Å². The molecule has 1 fully saturated rings. The molecule has 1 aliphatic rings. The Hall–Kier alpha value is -2.55. The van der Waals surface area contributed by atoms with Crippen LogP contribution in [0.4, 0.5) is 36.3 Å². The third-order valence-corrected chi connectivity index (χ3v) is 6.67. The van der Waals surface area contributed by atoms with Crippen LogP contribution in [0, 0.1) is 0 Å². The summed E-state index contributed by atoms with van der Waals surface area (Å²) in [5.41, 5.74) is 7.34. The molecule has 0 amide bonds. The van der Waals surface area contributed by atoms with Crippen molar-refractivity contribution in [2.24, 2.45) is 0 Å². The van der Waals surface area contributed by atoms with E-state index in [9.17, 15) is 13.2 Å². The summed E-state index contributed by atoms with van der Waals surface area (Å²) in [5.74, 6) is -0.547. The average molecular weight is 583 g/mol. The van der Waals surface area contributed by atoms with Gasteiger partial charge in [-0.2, -0.15) is 18.2 Å². The predicted octanol–water partition coefficient (Wildman–Crippen LogP) is 9.33. The Bertz CT molecular complexity index is 920. The quantitative estimate of drug-likeness (QED) is 0.272. The predicted molar refractivity (Wildman–Crippen MR) is 171 cm³/mol. The first-order valence-corrected chi connectivity index (χ1v) is 15.6. The van der Waals surface area contributed by atoms with Crippen LogP contribution < -0.4 is 16.0 Å². The number of likely N-dealkylation sites (N-methyl/N-ethyl adjacent to an activating group) is 1. The zero-order valence-electron chi connectivity index (χ0n) is 27.0. The Balaban J connectivity index is 0.000000956. The number of anilines is 4. The molecule has 1 aliphatic heterocycles. The molecule has 9 heteroatoms. The fourth-order valence-electron chi connectivity index (χ4n) is 3.90. The van der Waals surface area contributed by atoms with Crippen LogP contribution in [0.25, 0.3) is 0 Å². The van der Waals surface area contributed by atoms with Gasteiger partial charge < -0.3 is 20.9 Å². The van der Waals surface area contributed by atoms with E-state index in [1.807, 2.05) is 32.9 Å². The number of hydrogen-bond donors (Lipinski definition) is 2. The van der Waals surface area contributed by atoms with Gasteiger partial charge in [0.2, 0.25) is 5.95 Å². The number of rotatable bonds is 10. The Morgan fingerprint density at radius 2 is 1.41 bits per heavy atom. The minimum absolute atomic E-state index is 0.0440. The molecule has 0 saturated carbocycles. The molecule has 0 aliphatic carbocycles. The van der Waals surface area contributed by atoms with Crippen LogP contribution in [0.3, 0.4) is 0 Å². The lowest BCUT2D eigenvalue weighted by Crippen LogP contribution is -2.44. The molecule has 3 rings (SSSR count). The topological polar surface area (TPSA) is 70.3 Å². The summed E-state index contributed by atoms with van der Waals surface area (Å²) in [4.78, 5) is 12.1. The van der Waals surface area contributed by atoms with Crippen molar-refractivity contribution in [1.82, 2.24) is 14.9 Å². The zero-order valence-corrected chi connectivity index (χ0v) is 27.0. The van der Waals surface area contributed by atoms with Crippen LogP contribution in [-0.2, 0) is 12.6 Å². The molecule has 0 radical (unpaired) electrons. The van der Waals surface area contributed by atoms with E-state index in [-0.39, 0.29) is 5.95 Å². The Morgan fingerprint density at radius 3 is 1.85 bits per heavy atom. The van der Waals surface area contributed by atoms with E-state index < -0.39 is 17.6 Å². The van der Waals surface area contributed by atoms with Crippen molar-refractivity contribution in [2.75, 3.05) is 49.2 Å². The monoisotopic (exact) mass is 582 g/mol. The molecule has 236 valence electrons. The van der Waals surface area contributed by atoms with Gasteiger partial charge in [0.15, 0.2) is 0 Å². The van der Waals surface area contributed by atoms with E-state index in [1.54, 1.807) is 0 Å². The van der Waals surface area contributed by atoms with Gasteiger partial charge >= 0.3 is 6.18 Å². The molecule has 6 nitrogen and oxygen atoms in total. The molecule has 2 heterocycles. The summed E-state index contributed by atoms with van der Waals surface area (Å²) in [5, 5.41) is 2.98. The highest BCUT2D eigenvalue weighted by molar-refractivity contribution is 5.65. The summed E-state index contributed by atoms with van der Waals surface area (Å²) in [6, 6.07) is 6.01. The summed E-state index contributed by atoms with van der Waals surface area (Å²) in [6.45, 7) is 18.9. The fourth-order valence-corrected chi connectivity index (χ4v) is 3.90.